The van der Waals surface area contributed by atoms with Crippen LogP contribution in [0.4, 0.5) is 0 Å². The monoisotopic (exact) mass is 266 g/mol. The topological polar surface area (TPSA) is 44.8 Å². The van der Waals surface area contributed by atoms with Crippen molar-refractivity contribution < 1.29 is 19.0 Å². The van der Waals surface area contributed by atoms with Crippen molar-refractivity contribution in [2.75, 3.05) is 20.3 Å². The third kappa shape index (κ3) is 3.43. The van der Waals surface area contributed by atoms with Gasteiger partial charge < -0.3 is 14.2 Å². The van der Waals surface area contributed by atoms with E-state index < -0.39 is 0 Å². The van der Waals surface area contributed by atoms with Gasteiger partial charge >= 0.3 is 5.97 Å². The molecule has 1 aromatic rings. The van der Waals surface area contributed by atoms with Crippen LogP contribution in [0.25, 0.3) is 0 Å². The van der Waals surface area contributed by atoms with Crippen molar-refractivity contribution in [2.24, 2.45) is 0 Å². The maximum absolute atomic E-state index is 10.9. The minimum atomic E-state index is -0.364. The highest BCUT2D eigenvalue weighted by Crippen LogP contribution is 2.34. The second-order valence-corrected chi connectivity index (χ2v) is 4.58. The quantitative estimate of drug-likeness (QED) is 0.478. The van der Waals surface area contributed by atoms with Crippen molar-refractivity contribution in [3.63, 3.8) is 0 Å². The van der Waals surface area contributed by atoms with Gasteiger partial charge in [-0.15, -0.1) is 0 Å². The smallest absolute Gasteiger partial charge is 0.330 e. The van der Waals surface area contributed by atoms with Crippen LogP contribution in [0.3, 0.4) is 0 Å². The minimum absolute atomic E-state index is 0.364. The van der Waals surface area contributed by atoms with E-state index >= 15 is 0 Å². The highest BCUT2D eigenvalue weighted by molar-refractivity contribution is 8.02. The van der Waals surface area contributed by atoms with Crippen molar-refractivity contribution in [1.82, 2.24) is 0 Å². The van der Waals surface area contributed by atoms with E-state index in [0.717, 1.165) is 22.8 Å². The lowest BCUT2D eigenvalue weighted by Gasteiger charge is -2.07. The Morgan fingerprint density at radius 1 is 1.33 bits per heavy atom. The summed E-state index contributed by atoms with van der Waals surface area (Å²) in [7, 11) is 1.35. The maximum atomic E-state index is 10.9. The summed E-state index contributed by atoms with van der Waals surface area (Å²) in [6, 6.07) is 5.72. The summed E-state index contributed by atoms with van der Waals surface area (Å²) in [5.41, 5.74) is 0. The lowest BCUT2D eigenvalue weighted by Crippen LogP contribution is -1.97. The first-order valence-electron chi connectivity index (χ1n) is 5.60. The Bertz CT molecular complexity index is 456. The molecule has 0 radical (unpaired) electrons. The van der Waals surface area contributed by atoms with E-state index in [9.17, 15) is 4.79 Å². The fourth-order valence-corrected chi connectivity index (χ4v) is 2.11. The number of hydrogen-bond donors (Lipinski definition) is 0. The summed E-state index contributed by atoms with van der Waals surface area (Å²) >= 11 is 1.43. The second-order valence-electron chi connectivity index (χ2n) is 3.60. The van der Waals surface area contributed by atoms with Crippen LogP contribution >= 0.6 is 11.8 Å². The van der Waals surface area contributed by atoms with Gasteiger partial charge in [-0.1, -0.05) is 11.8 Å². The summed E-state index contributed by atoms with van der Waals surface area (Å²) in [5, 5.41) is 1.69. The van der Waals surface area contributed by atoms with Crippen LogP contribution in [0.1, 0.15) is 6.42 Å². The van der Waals surface area contributed by atoms with Crippen molar-refractivity contribution >= 4 is 17.7 Å². The van der Waals surface area contributed by atoms with Gasteiger partial charge in [0.1, 0.15) is 0 Å². The predicted octanol–water partition coefficient (Wildman–Crippen LogP) is 2.63. The van der Waals surface area contributed by atoms with Crippen molar-refractivity contribution in [3.05, 3.63) is 29.7 Å². The molecule has 0 aliphatic carbocycles. The number of thioether (sulfide) groups is 1. The van der Waals surface area contributed by atoms with E-state index in [1.54, 1.807) is 5.41 Å². The molecule has 4 nitrogen and oxygen atoms in total. The summed E-state index contributed by atoms with van der Waals surface area (Å²) in [6.07, 6.45) is 2.27. The third-order valence-electron chi connectivity index (χ3n) is 2.33. The van der Waals surface area contributed by atoms with Crippen LogP contribution in [0, 0.1) is 0 Å². The fourth-order valence-electron chi connectivity index (χ4n) is 1.45. The van der Waals surface area contributed by atoms with Crippen molar-refractivity contribution in [2.45, 2.75) is 11.3 Å². The first kappa shape index (κ1) is 12.8. The zero-order valence-corrected chi connectivity index (χ0v) is 10.9. The molecule has 0 amide bonds. The van der Waals surface area contributed by atoms with Gasteiger partial charge in [-0.3, -0.25) is 0 Å². The molecule has 0 aromatic heterocycles. The Hall–Kier alpha value is -1.62. The minimum Gasteiger partial charge on any atom is -0.490 e. The highest BCUT2D eigenvalue weighted by Gasteiger charge is 2.10. The normalized spacial score (nSPS) is 14.3. The van der Waals surface area contributed by atoms with Gasteiger partial charge in [-0.05, 0) is 23.6 Å². The molecular weight excluding hydrogens is 252 g/mol. The molecule has 1 heterocycles. The first-order valence-corrected chi connectivity index (χ1v) is 6.48. The van der Waals surface area contributed by atoms with Crippen LogP contribution in [0.15, 0.2) is 34.6 Å². The Labute approximate surface area is 110 Å². The van der Waals surface area contributed by atoms with Crippen molar-refractivity contribution in [3.8, 4) is 11.5 Å². The molecule has 18 heavy (non-hydrogen) atoms. The number of benzene rings is 1. The maximum Gasteiger partial charge on any atom is 0.330 e. The zero-order chi connectivity index (χ0) is 12.8. The molecule has 0 N–H and O–H groups in total. The summed E-state index contributed by atoms with van der Waals surface area (Å²) in [6.45, 7) is 1.35. The molecular formula is C13H14O4S. The van der Waals surface area contributed by atoms with E-state index in [2.05, 4.69) is 4.74 Å². The number of hydrogen-bond acceptors (Lipinski definition) is 5. The molecule has 0 atom stereocenters. The molecule has 2 rings (SSSR count). The van der Waals surface area contributed by atoms with Crippen LogP contribution in [-0.2, 0) is 9.53 Å². The lowest BCUT2D eigenvalue weighted by molar-refractivity contribution is -0.134. The molecule has 96 valence electrons. The number of esters is 1. The highest BCUT2D eigenvalue weighted by atomic mass is 32.2. The predicted molar refractivity (Wildman–Crippen MR) is 69.1 cm³/mol. The third-order valence-corrected chi connectivity index (χ3v) is 3.13. The van der Waals surface area contributed by atoms with E-state index in [-0.39, 0.29) is 5.97 Å². The van der Waals surface area contributed by atoms with Crippen molar-refractivity contribution in [1.29, 1.82) is 0 Å². The fraction of sp³-hybridized carbons (Fsp3) is 0.308. The molecule has 0 fully saturated rings. The Kier molecular flexibility index (Phi) is 4.52. The molecule has 1 aliphatic heterocycles. The molecule has 1 aliphatic rings. The van der Waals surface area contributed by atoms with Crippen LogP contribution in [-0.4, -0.2) is 26.3 Å². The standard InChI is InChI=1S/C13H14O4S/c1-15-13(14)5-8-18-10-3-4-11-12(9-10)17-7-2-6-16-11/h3-5,8-9H,2,6-7H2,1H3. The average molecular weight is 266 g/mol. The lowest BCUT2D eigenvalue weighted by atomic mass is 10.3. The molecule has 0 saturated carbocycles. The van der Waals surface area contributed by atoms with Gasteiger partial charge in [0.05, 0.1) is 20.3 Å². The number of rotatable bonds is 3. The van der Waals surface area contributed by atoms with Crippen LogP contribution in [0.5, 0.6) is 11.5 Å². The van der Waals surface area contributed by atoms with Gasteiger partial charge in [0.25, 0.3) is 0 Å². The number of fused-ring (bicyclic) bond motifs is 1. The molecule has 0 unspecified atom stereocenters. The number of carbonyl (C=O) groups is 1. The largest absolute Gasteiger partial charge is 0.490 e. The Morgan fingerprint density at radius 3 is 2.89 bits per heavy atom. The summed E-state index contributed by atoms with van der Waals surface area (Å²) in [5.74, 6) is 1.16. The Morgan fingerprint density at radius 2 is 2.11 bits per heavy atom. The van der Waals surface area contributed by atoms with Gasteiger partial charge in [0.15, 0.2) is 11.5 Å². The van der Waals surface area contributed by atoms with E-state index in [1.807, 2.05) is 18.2 Å². The molecule has 0 spiro atoms. The number of ether oxygens (including phenoxy) is 3. The number of carbonyl (C=O) groups excluding carboxylic acids is 1. The Balaban J connectivity index is 2.04. The zero-order valence-electron chi connectivity index (χ0n) is 10.0. The summed E-state index contributed by atoms with van der Waals surface area (Å²) < 4.78 is 15.6. The molecule has 0 saturated heterocycles. The van der Waals surface area contributed by atoms with Gasteiger partial charge in [0, 0.05) is 17.4 Å². The molecule has 0 bridgehead atoms. The van der Waals surface area contributed by atoms with Gasteiger partial charge in [0.2, 0.25) is 0 Å². The average Bonchev–Trinajstić information content (AvgIpc) is 2.63. The van der Waals surface area contributed by atoms with Gasteiger partial charge in [-0.25, -0.2) is 4.79 Å². The van der Waals surface area contributed by atoms with Crippen LogP contribution < -0.4 is 9.47 Å². The first-order chi connectivity index (χ1) is 8.79. The number of methoxy groups -OCH3 is 1. The van der Waals surface area contributed by atoms with E-state index in [1.165, 1.54) is 24.9 Å². The summed E-state index contributed by atoms with van der Waals surface area (Å²) in [4.78, 5) is 11.9. The second kappa shape index (κ2) is 6.35. The van der Waals surface area contributed by atoms with E-state index in [4.69, 9.17) is 9.47 Å². The SMILES string of the molecule is COC(=O)C=CSc1ccc2c(c1)OCCCO2. The molecule has 5 heteroatoms. The molecule has 1 aromatic carbocycles. The van der Waals surface area contributed by atoms with Crippen LogP contribution in [0.2, 0.25) is 0 Å². The van der Waals surface area contributed by atoms with Gasteiger partial charge in [-0.2, -0.15) is 0 Å². The van der Waals surface area contributed by atoms with E-state index in [0.29, 0.717) is 13.2 Å².